The summed E-state index contributed by atoms with van der Waals surface area (Å²) in [5, 5.41) is 12.6. The Morgan fingerprint density at radius 1 is 1.43 bits per heavy atom. The molecule has 0 spiro atoms. The highest BCUT2D eigenvalue weighted by atomic mass is 32.2. The predicted molar refractivity (Wildman–Crippen MR) is 87.6 cm³/mol. The molecular formula is C16H22N2O2S. The molecule has 114 valence electrons. The molecule has 1 unspecified atom stereocenters. The van der Waals surface area contributed by atoms with Crippen molar-refractivity contribution in [2.75, 3.05) is 13.2 Å². The zero-order valence-corrected chi connectivity index (χ0v) is 13.5. The van der Waals surface area contributed by atoms with Gasteiger partial charge in [0.2, 0.25) is 5.91 Å². The first-order chi connectivity index (χ1) is 10.0. The monoisotopic (exact) mass is 306 g/mol. The molecule has 0 fully saturated rings. The minimum atomic E-state index is -0.171. The second-order valence-electron chi connectivity index (χ2n) is 5.45. The number of benzene rings is 1. The molecule has 5 heteroatoms. The van der Waals surface area contributed by atoms with Crippen molar-refractivity contribution in [3.63, 3.8) is 0 Å². The number of aliphatic hydroxyl groups excluding tert-OH is 1. The standard InChI is InChI=1S/C16H22N2O2S/c1-10(2)15(16(20)17-7-8-19)21-13-9-18-12-6-4-5-11(3)14(12)13/h4-6,9-10,15,18-19H,7-8H2,1-3H3,(H,17,20). The summed E-state index contributed by atoms with van der Waals surface area (Å²) in [7, 11) is 0. The average molecular weight is 306 g/mol. The smallest absolute Gasteiger partial charge is 0.233 e. The molecule has 0 aliphatic rings. The third kappa shape index (κ3) is 3.60. The van der Waals surface area contributed by atoms with Gasteiger partial charge in [-0.05, 0) is 24.5 Å². The molecule has 0 saturated carbocycles. The number of aromatic amines is 1. The fourth-order valence-electron chi connectivity index (χ4n) is 2.33. The molecular weight excluding hydrogens is 284 g/mol. The van der Waals surface area contributed by atoms with Crippen molar-refractivity contribution in [2.45, 2.75) is 30.9 Å². The van der Waals surface area contributed by atoms with Crippen LogP contribution in [0.25, 0.3) is 10.9 Å². The van der Waals surface area contributed by atoms with Crippen LogP contribution in [-0.4, -0.2) is 34.4 Å². The van der Waals surface area contributed by atoms with E-state index < -0.39 is 0 Å². The Kier molecular flexibility index (Phi) is 5.31. The van der Waals surface area contributed by atoms with Gasteiger partial charge in [0.1, 0.15) is 0 Å². The number of carbonyl (C=O) groups excluding carboxylic acids is 1. The first-order valence-corrected chi connectivity index (χ1v) is 8.04. The van der Waals surface area contributed by atoms with Gasteiger partial charge in [0.25, 0.3) is 0 Å². The number of amides is 1. The van der Waals surface area contributed by atoms with E-state index >= 15 is 0 Å². The molecule has 0 aliphatic carbocycles. The van der Waals surface area contributed by atoms with Crippen molar-refractivity contribution in [3.05, 3.63) is 30.0 Å². The summed E-state index contributed by atoms with van der Waals surface area (Å²) in [4.78, 5) is 16.6. The number of nitrogens with one attached hydrogen (secondary N) is 2. The van der Waals surface area contributed by atoms with Crippen LogP contribution < -0.4 is 5.32 Å². The van der Waals surface area contributed by atoms with Gasteiger partial charge in [0, 0.05) is 28.5 Å². The lowest BCUT2D eigenvalue weighted by molar-refractivity contribution is -0.121. The molecule has 1 amide bonds. The van der Waals surface area contributed by atoms with Gasteiger partial charge in [-0.25, -0.2) is 0 Å². The normalized spacial score (nSPS) is 12.8. The number of thioether (sulfide) groups is 1. The van der Waals surface area contributed by atoms with Crippen molar-refractivity contribution in [2.24, 2.45) is 5.92 Å². The molecule has 1 aromatic carbocycles. The van der Waals surface area contributed by atoms with Crippen LogP contribution in [0, 0.1) is 12.8 Å². The molecule has 0 bridgehead atoms. The van der Waals surface area contributed by atoms with E-state index in [2.05, 4.69) is 23.3 Å². The van der Waals surface area contributed by atoms with E-state index in [9.17, 15) is 4.79 Å². The summed E-state index contributed by atoms with van der Waals surface area (Å²) < 4.78 is 0. The fourth-order valence-corrected chi connectivity index (χ4v) is 3.58. The third-order valence-corrected chi connectivity index (χ3v) is 5.00. The molecule has 1 aromatic heterocycles. The van der Waals surface area contributed by atoms with Gasteiger partial charge < -0.3 is 15.4 Å². The highest BCUT2D eigenvalue weighted by molar-refractivity contribution is 8.00. The minimum Gasteiger partial charge on any atom is -0.395 e. The molecule has 1 atom stereocenters. The number of aryl methyl sites for hydroxylation is 1. The number of fused-ring (bicyclic) bond motifs is 1. The van der Waals surface area contributed by atoms with Gasteiger partial charge in [-0.3, -0.25) is 4.79 Å². The van der Waals surface area contributed by atoms with E-state index in [1.165, 1.54) is 10.9 Å². The Bertz CT molecular complexity index is 622. The minimum absolute atomic E-state index is 0.0213. The van der Waals surface area contributed by atoms with Crippen LogP contribution in [0.1, 0.15) is 19.4 Å². The Hall–Kier alpha value is -1.46. The van der Waals surface area contributed by atoms with Gasteiger partial charge in [-0.15, -0.1) is 11.8 Å². The van der Waals surface area contributed by atoms with Gasteiger partial charge in [-0.1, -0.05) is 26.0 Å². The number of carbonyl (C=O) groups is 1. The molecule has 0 radical (unpaired) electrons. The summed E-state index contributed by atoms with van der Waals surface area (Å²) in [6.45, 7) is 6.43. The van der Waals surface area contributed by atoms with E-state index in [1.807, 2.05) is 32.2 Å². The summed E-state index contributed by atoms with van der Waals surface area (Å²) in [6.07, 6.45) is 1.97. The Morgan fingerprint density at radius 3 is 2.86 bits per heavy atom. The molecule has 0 saturated heterocycles. The number of rotatable bonds is 6. The number of H-pyrrole nitrogens is 1. The summed E-state index contributed by atoms with van der Waals surface area (Å²) >= 11 is 1.58. The lowest BCUT2D eigenvalue weighted by Crippen LogP contribution is -2.37. The Balaban J connectivity index is 2.25. The largest absolute Gasteiger partial charge is 0.395 e. The van der Waals surface area contributed by atoms with Crippen molar-refractivity contribution in [1.29, 1.82) is 0 Å². The quantitative estimate of drug-likeness (QED) is 0.719. The average Bonchev–Trinajstić information content (AvgIpc) is 2.86. The zero-order valence-electron chi connectivity index (χ0n) is 12.6. The van der Waals surface area contributed by atoms with Crippen LogP contribution in [0.15, 0.2) is 29.3 Å². The summed E-state index contributed by atoms with van der Waals surface area (Å²) in [5.41, 5.74) is 2.30. The highest BCUT2D eigenvalue weighted by Crippen LogP contribution is 2.35. The van der Waals surface area contributed by atoms with E-state index in [-0.39, 0.29) is 23.7 Å². The van der Waals surface area contributed by atoms with Gasteiger partial charge >= 0.3 is 0 Å². The lowest BCUT2D eigenvalue weighted by atomic mass is 10.1. The molecule has 2 rings (SSSR count). The van der Waals surface area contributed by atoms with Gasteiger partial charge in [-0.2, -0.15) is 0 Å². The fraction of sp³-hybridized carbons (Fsp3) is 0.438. The molecule has 1 heterocycles. The van der Waals surface area contributed by atoms with Gasteiger partial charge in [0.15, 0.2) is 0 Å². The predicted octanol–water partition coefficient (Wildman–Crippen LogP) is 2.70. The molecule has 2 aromatic rings. The first kappa shape index (κ1) is 15.9. The van der Waals surface area contributed by atoms with E-state index in [0.29, 0.717) is 6.54 Å². The van der Waals surface area contributed by atoms with Crippen molar-refractivity contribution < 1.29 is 9.90 Å². The topological polar surface area (TPSA) is 65.1 Å². The molecule has 0 aliphatic heterocycles. The number of aromatic nitrogens is 1. The maximum absolute atomic E-state index is 12.2. The third-order valence-electron chi connectivity index (χ3n) is 3.41. The van der Waals surface area contributed by atoms with Crippen molar-refractivity contribution in [3.8, 4) is 0 Å². The van der Waals surface area contributed by atoms with Crippen molar-refractivity contribution in [1.82, 2.24) is 10.3 Å². The summed E-state index contributed by atoms with van der Waals surface area (Å²) in [5.74, 6) is 0.189. The summed E-state index contributed by atoms with van der Waals surface area (Å²) in [6, 6.07) is 6.15. The van der Waals surface area contributed by atoms with E-state index in [4.69, 9.17) is 5.11 Å². The van der Waals surface area contributed by atoms with Crippen LogP contribution in [0.5, 0.6) is 0 Å². The Morgan fingerprint density at radius 2 is 2.19 bits per heavy atom. The number of aliphatic hydroxyl groups is 1. The first-order valence-electron chi connectivity index (χ1n) is 7.16. The second kappa shape index (κ2) is 7.00. The maximum atomic E-state index is 12.2. The van der Waals surface area contributed by atoms with Crippen LogP contribution in [0.4, 0.5) is 0 Å². The second-order valence-corrected chi connectivity index (χ2v) is 6.63. The van der Waals surface area contributed by atoms with E-state index in [1.54, 1.807) is 11.8 Å². The SMILES string of the molecule is Cc1cccc2[nH]cc(SC(C(=O)NCCO)C(C)C)c12. The van der Waals surface area contributed by atoms with Crippen LogP contribution in [0.3, 0.4) is 0 Å². The number of hydrogen-bond acceptors (Lipinski definition) is 3. The van der Waals surface area contributed by atoms with Crippen LogP contribution in [0.2, 0.25) is 0 Å². The molecule has 4 nitrogen and oxygen atoms in total. The Labute approximate surface area is 129 Å². The van der Waals surface area contributed by atoms with Gasteiger partial charge in [0.05, 0.1) is 11.9 Å². The van der Waals surface area contributed by atoms with Crippen LogP contribution >= 0.6 is 11.8 Å². The van der Waals surface area contributed by atoms with Crippen molar-refractivity contribution >= 4 is 28.6 Å². The lowest BCUT2D eigenvalue weighted by Gasteiger charge is -2.19. The number of hydrogen-bond donors (Lipinski definition) is 3. The zero-order chi connectivity index (χ0) is 15.4. The maximum Gasteiger partial charge on any atom is 0.233 e. The van der Waals surface area contributed by atoms with Crippen LogP contribution in [-0.2, 0) is 4.79 Å². The highest BCUT2D eigenvalue weighted by Gasteiger charge is 2.24. The molecule has 3 N–H and O–H groups in total. The molecule has 21 heavy (non-hydrogen) atoms. The van der Waals surface area contributed by atoms with E-state index in [0.717, 1.165) is 10.4 Å².